The Hall–Kier alpha value is -3.81. The smallest absolute Gasteiger partial charge is 0.259 e. The van der Waals surface area contributed by atoms with Crippen LogP contribution in [0.2, 0.25) is 0 Å². The van der Waals surface area contributed by atoms with Crippen LogP contribution < -0.4 is 5.43 Å². The van der Waals surface area contributed by atoms with Gasteiger partial charge in [0.25, 0.3) is 5.91 Å². The summed E-state index contributed by atoms with van der Waals surface area (Å²) < 4.78 is 13.1. The fourth-order valence-electron chi connectivity index (χ4n) is 3.50. The Bertz CT molecular complexity index is 1060. The number of nitrogens with zero attached hydrogens (tertiary/aromatic N) is 3. The molecule has 2 aromatic carbocycles. The van der Waals surface area contributed by atoms with E-state index in [-0.39, 0.29) is 30.1 Å². The van der Waals surface area contributed by atoms with Gasteiger partial charge in [0, 0.05) is 30.0 Å². The molecule has 2 amide bonds. The van der Waals surface area contributed by atoms with Crippen molar-refractivity contribution in [2.24, 2.45) is 5.10 Å². The minimum atomic E-state index is -0.375. The van der Waals surface area contributed by atoms with Gasteiger partial charge in [0.2, 0.25) is 5.91 Å². The zero-order valence-electron chi connectivity index (χ0n) is 16.1. The average Bonchev–Trinajstić information content (AvgIpc) is 3.36. The monoisotopic (exact) mass is 405 g/mol. The number of carbonyl (C=O) groups is 2. The number of nitrogens with one attached hydrogen (secondary N) is 2. The highest BCUT2D eigenvalue weighted by Gasteiger charge is 2.31. The highest BCUT2D eigenvalue weighted by Crippen LogP contribution is 2.27. The summed E-state index contributed by atoms with van der Waals surface area (Å²) in [6.07, 6.45) is 3.41. The molecule has 8 heteroatoms. The maximum atomic E-state index is 13.1. The van der Waals surface area contributed by atoms with Crippen LogP contribution in [0, 0.1) is 5.82 Å². The molecule has 1 aliphatic rings. The van der Waals surface area contributed by atoms with Gasteiger partial charge < -0.3 is 4.90 Å². The number of aromatic nitrogens is 2. The van der Waals surface area contributed by atoms with Crippen molar-refractivity contribution in [3.8, 4) is 11.3 Å². The summed E-state index contributed by atoms with van der Waals surface area (Å²) in [7, 11) is 0. The van der Waals surface area contributed by atoms with E-state index in [2.05, 4.69) is 20.7 Å². The van der Waals surface area contributed by atoms with Crippen LogP contribution in [-0.4, -0.2) is 46.2 Å². The van der Waals surface area contributed by atoms with Crippen molar-refractivity contribution >= 4 is 18.0 Å². The molecule has 4 rings (SSSR count). The van der Waals surface area contributed by atoms with Gasteiger partial charge in [-0.05, 0) is 29.8 Å². The first-order valence-corrected chi connectivity index (χ1v) is 9.54. The van der Waals surface area contributed by atoms with Gasteiger partial charge in [0.1, 0.15) is 12.4 Å². The Morgan fingerprint density at radius 3 is 2.77 bits per heavy atom. The van der Waals surface area contributed by atoms with Gasteiger partial charge in [0.05, 0.1) is 18.1 Å². The van der Waals surface area contributed by atoms with Crippen LogP contribution in [0.5, 0.6) is 0 Å². The maximum absolute atomic E-state index is 13.1. The summed E-state index contributed by atoms with van der Waals surface area (Å²) >= 11 is 0. The predicted molar refractivity (Wildman–Crippen MR) is 110 cm³/mol. The Labute approximate surface area is 172 Å². The molecular formula is C22H20FN5O2. The zero-order chi connectivity index (χ0) is 20.9. The molecule has 0 aliphatic carbocycles. The number of carbonyl (C=O) groups excluding carboxylic acids is 2. The van der Waals surface area contributed by atoms with E-state index >= 15 is 0 Å². The van der Waals surface area contributed by atoms with Crippen LogP contribution in [0.3, 0.4) is 0 Å². The molecule has 2 heterocycles. The third kappa shape index (κ3) is 4.43. The molecule has 30 heavy (non-hydrogen) atoms. The molecule has 1 saturated heterocycles. The van der Waals surface area contributed by atoms with E-state index in [1.165, 1.54) is 18.3 Å². The molecule has 0 saturated carbocycles. The summed E-state index contributed by atoms with van der Waals surface area (Å²) in [4.78, 5) is 26.0. The van der Waals surface area contributed by atoms with Gasteiger partial charge in [-0.25, -0.2) is 9.82 Å². The Kier molecular flexibility index (Phi) is 5.65. The summed E-state index contributed by atoms with van der Waals surface area (Å²) in [6.45, 7) is 0.464. The minimum absolute atomic E-state index is 0.0450. The summed E-state index contributed by atoms with van der Waals surface area (Å²) in [5.74, 6) is -0.650. The van der Waals surface area contributed by atoms with Crippen LogP contribution in [0.1, 0.15) is 23.5 Å². The number of hydrazone groups is 1. The zero-order valence-corrected chi connectivity index (χ0v) is 16.1. The van der Waals surface area contributed by atoms with Crippen molar-refractivity contribution in [3.05, 3.63) is 77.7 Å². The van der Waals surface area contributed by atoms with E-state index in [1.54, 1.807) is 23.2 Å². The molecule has 152 valence electrons. The fourth-order valence-corrected chi connectivity index (χ4v) is 3.50. The van der Waals surface area contributed by atoms with E-state index in [9.17, 15) is 14.0 Å². The second kappa shape index (κ2) is 8.69. The molecule has 1 aromatic heterocycles. The number of rotatable bonds is 6. The average molecular weight is 405 g/mol. The molecule has 0 spiro atoms. The molecule has 1 atom stereocenters. The number of likely N-dealkylation sites (tertiary alicyclic amines) is 1. The normalized spacial score (nSPS) is 16.4. The largest absolute Gasteiger partial charge is 0.333 e. The van der Waals surface area contributed by atoms with Gasteiger partial charge in [-0.15, -0.1) is 0 Å². The second-order valence-electron chi connectivity index (χ2n) is 7.09. The number of aromatic amines is 1. The highest BCUT2D eigenvalue weighted by atomic mass is 19.1. The summed E-state index contributed by atoms with van der Waals surface area (Å²) in [5.41, 5.74) is 5.59. The predicted octanol–water partition coefficient (Wildman–Crippen LogP) is 2.68. The van der Waals surface area contributed by atoms with Crippen LogP contribution in [0.25, 0.3) is 11.3 Å². The third-order valence-corrected chi connectivity index (χ3v) is 5.01. The third-order valence-electron chi connectivity index (χ3n) is 5.01. The molecule has 0 bridgehead atoms. The topological polar surface area (TPSA) is 90.4 Å². The number of hydrogen-bond donors (Lipinski definition) is 2. The second-order valence-corrected chi connectivity index (χ2v) is 7.09. The lowest BCUT2D eigenvalue weighted by Crippen LogP contribution is -2.36. The lowest BCUT2D eigenvalue weighted by molar-refractivity contribution is -0.133. The first-order chi connectivity index (χ1) is 14.6. The van der Waals surface area contributed by atoms with E-state index < -0.39 is 0 Å². The molecule has 1 aliphatic heterocycles. The molecular weight excluding hydrogens is 385 g/mol. The van der Waals surface area contributed by atoms with Crippen molar-refractivity contribution in [1.29, 1.82) is 0 Å². The molecule has 1 fully saturated rings. The lowest BCUT2D eigenvalue weighted by atomic mass is 9.99. The SMILES string of the molecule is O=C(CN1C[C@@H](c2ccccc2)CC1=O)N/N=C/c1cn[nH]c1-c1ccc(F)cc1. The fraction of sp³-hybridized carbons (Fsp3) is 0.182. The Balaban J connectivity index is 1.33. The number of H-pyrrole nitrogens is 1. The van der Waals surface area contributed by atoms with Crippen LogP contribution in [0.15, 0.2) is 65.9 Å². The van der Waals surface area contributed by atoms with Crippen LogP contribution in [0.4, 0.5) is 4.39 Å². The van der Waals surface area contributed by atoms with E-state index in [1.807, 2.05) is 30.3 Å². The molecule has 3 aromatic rings. The highest BCUT2D eigenvalue weighted by molar-refractivity contribution is 5.90. The maximum Gasteiger partial charge on any atom is 0.259 e. The summed E-state index contributed by atoms with van der Waals surface area (Å²) in [6, 6.07) is 15.8. The van der Waals surface area contributed by atoms with Crippen molar-refractivity contribution in [3.63, 3.8) is 0 Å². The molecule has 0 unspecified atom stereocenters. The van der Waals surface area contributed by atoms with Crippen molar-refractivity contribution in [1.82, 2.24) is 20.5 Å². The number of amides is 2. The van der Waals surface area contributed by atoms with E-state index in [0.717, 1.165) is 11.1 Å². The van der Waals surface area contributed by atoms with Gasteiger partial charge in [-0.2, -0.15) is 10.2 Å². The van der Waals surface area contributed by atoms with Crippen LogP contribution >= 0.6 is 0 Å². The number of hydrogen-bond acceptors (Lipinski definition) is 4. The first-order valence-electron chi connectivity index (χ1n) is 9.54. The lowest BCUT2D eigenvalue weighted by Gasteiger charge is -2.15. The standard InChI is InChI=1S/C22H20FN5O2/c23-19-8-6-16(7-9-19)22-18(12-25-27-22)11-24-26-20(29)14-28-13-17(10-21(28)30)15-4-2-1-3-5-15/h1-9,11-12,17H,10,13-14H2,(H,25,27)(H,26,29)/b24-11+/t17-/m0/s1. The van der Waals surface area contributed by atoms with Crippen molar-refractivity contribution in [2.45, 2.75) is 12.3 Å². The molecule has 7 nitrogen and oxygen atoms in total. The van der Waals surface area contributed by atoms with E-state index in [4.69, 9.17) is 0 Å². The Morgan fingerprint density at radius 1 is 1.23 bits per heavy atom. The molecule has 2 N–H and O–H groups in total. The van der Waals surface area contributed by atoms with Gasteiger partial charge in [0.15, 0.2) is 0 Å². The Morgan fingerprint density at radius 2 is 2.00 bits per heavy atom. The minimum Gasteiger partial charge on any atom is -0.333 e. The van der Waals surface area contributed by atoms with Crippen LogP contribution in [-0.2, 0) is 9.59 Å². The molecule has 0 radical (unpaired) electrons. The van der Waals surface area contributed by atoms with Gasteiger partial charge in [-0.3, -0.25) is 14.7 Å². The number of benzene rings is 2. The first kappa shape index (κ1) is 19.5. The quantitative estimate of drug-likeness (QED) is 0.488. The van der Waals surface area contributed by atoms with Crippen molar-refractivity contribution < 1.29 is 14.0 Å². The van der Waals surface area contributed by atoms with Gasteiger partial charge in [-0.1, -0.05) is 30.3 Å². The van der Waals surface area contributed by atoms with Crippen molar-refractivity contribution in [2.75, 3.05) is 13.1 Å². The summed E-state index contributed by atoms with van der Waals surface area (Å²) in [5, 5.41) is 10.8. The van der Waals surface area contributed by atoms with E-state index in [0.29, 0.717) is 24.2 Å². The van der Waals surface area contributed by atoms with Gasteiger partial charge >= 0.3 is 0 Å². The number of halogens is 1.